The lowest BCUT2D eigenvalue weighted by Crippen LogP contribution is -2.08. The maximum atomic E-state index is 4.52. The summed E-state index contributed by atoms with van der Waals surface area (Å²) in [7, 11) is 3.81. The molecule has 23 heavy (non-hydrogen) atoms. The highest BCUT2D eigenvalue weighted by molar-refractivity contribution is 6.13. The molecule has 0 amide bonds. The van der Waals surface area contributed by atoms with Crippen molar-refractivity contribution in [2.45, 2.75) is 33.1 Å². The van der Waals surface area contributed by atoms with Crippen molar-refractivity contribution < 1.29 is 0 Å². The van der Waals surface area contributed by atoms with Gasteiger partial charge < -0.3 is 5.32 Å². The number of aromatic nitrogens is 1. The molecule has 1 aromatic carbocycles. The van der Waals surface area contributed by atoms with Crippen LogP contribution < -0.4 is 5.32 Å². The molecule has 1 N–H and O–H groups in total. The average molecular weight is 309 g/mol. The molecule has 1 aliphatic carbocycles. The number of fused-ring (bicyclic) bond motifs is 2. The standard InChI is InChI=1S/C16H16N2.C4H11N/c1-11-5-8-14-13(10-11)7-6-12-4-3-9-18-15(12)16(14)17-2;1-3-4-5-2/h3-5,8-10H,6-7H2,1-2H3;5H,3-4H2,1-2H3. The quantitative estimate of drug-likeness (QED) is 0.921. The Morgan fingerprint density at radius 2 is 1.96 bits per heavy atom. The van der Waals surface area contributed by atoms with Gasteiger partial charge >= 0.3 is 0 Å². The Labute approximate surface area is 139 Å². The number of pyridine rings is 1. The molecule has 0 radical (unpaired) electrons. The van der Waals surface area contributed by atoms with Crippen LogP contribution in [0, 0.1) is 6.92 Å². The summed E-state index contributed by atoms with van der Waals surface area (Å²) in [6.45, 7) is 5.43. The Balaban J connectivity index is 0.000000338. The van der Waals surface area contributed by atoms with Gasteiger partial charge in [-0.05, 0) is 57.0 Å². The van der Waals surface area contributed by atoms with E-state index in [1.54, 1.807) is 0 Å². The first kappa shape index (κ1) is 17.4. The third kappa shape index (κ3) is 4.26. The van der Waals surface area contributed by atoms with Crippen LogP contribution in [0.4, 0.5) is 0 Å². The third-order valence-electron chi connectivity index (χ3n) is 4.02. The first-order chi connectivity index (χ1) is 11.2. The molecule has 3 nitrogen and oxygen atoms in total. The number of aryl methyl sites for hydroxylation is 3. The van der Waals surface area contributed by atoms with Crippen LogP contribution in [0.15, 0.2) is 41.5 Å². The average Bonchev–Trinajstić information content (AvgIpc) is 2.72. The summed E-state index contributed by atoms with van der Waals surface area (Å²) in [5.41, 5.74) is 7.30. The van der Waals surface area contributed by atoms with Crippen LogP contribution in [0.3, 0.4) is 0 Å². The molecule has 0 aliphatic heterocycles. The number of hydrogen-bond donors (Lipinski definition) is 1. The van der Waals surface area contributed by atoms with Gasteiger partial charge in [0, 0.05) is 18.8 Å². The summed E-state index contributed by atoms with van der Waals surface area (Å²) in [5.74, 6) is 0. The van der Waals surface area contributed by atoms with E-state index in [9.17, 15) is 0 Å². The number of nitrogens with one attached hydrogen (secondary N) is 1. The van der Waals surface area contributed by atoms with Gasteiger partial charge in [0.15, 0.2) is 0 Å². The van der Waals surface area contributed by atoms with E-state index in [-0.39, 0.29) is 0 Å². The second-order valence-corrected chi connectivity index (χ2v) is 5.85. The van der Waals surface area contributed by atoms with Crippen molar-refractivity contribution in [2.24, 2.45) is 4.99 Å². The maximum Gasteiger partial charge on any atom is 0.0919 e. The van der Waals surface area contributed by atoms with Gasteiger partial charge in [-0.2, -0.15) is 0 Å². The lowest BCUT2D eigenvalue weighted by Gasteiger charge is -2.09. The minimum atomic E-state index is 1.03. The largest absolute Gasteiger partial charge is 0.320 e. The molecule has 0 saturated carbocycles. The van der Waals surface area contributed by atoms with Crippen molar-refractivity contribution in [2.75, 3.05) is 20.6 Å². The van der Waals surface area contributed by atoms with E-state index >= 15 is 0 Å². The Hall–Kier alpha value is -2.00. The zero-order chi connectivity index (χ0) is 16.7. The summed E-state index contributed by atoms with van der Waals surface area (Å²) in [5, 5.41) is 3.02. The molecule has 1 heterocycles. The Morgan fingerprint density at radius 1 is 1.17 bits per heavy atom. The molecule has 3 heteroatoms. The normalized spacial score (nSPS) is 14.3. The SMILES string of the molecule is CCCNC.CN=C1c2ccc(C)cc2CCc2cccnc21. The molecule has 0 bridgehead atoms. The molecule has 0 fully saturated rings. The van der Waals surface area contributed by atoms with Crippen LogP contribution in [-0.4, -0.2) is 31.3 Å². The zero-order valence-electron chi connectivity index (χ0n) is 14.7. The van der Waals surface area contributed by atoms with Crippen LogP contribution in [0.25, 0.3) is 0 Å². The molecule has 1 aromatic heterocycles. The molecular formula is C20H27N3. The van der Waals surface area contributed by atoms with Gasteiger partial charge in [-0.1, -0.05) is 36.8 Å². The number of hydrogen-bond acceptors (Lipinski definition) is 3. The lowest BCUT2D eigenvalue weighted by molar-refractivity contribution is 0.772. The molecule has 0 saturated heterocycles. The molecule has 1 aliphatic rings. The fraction of sp³-hybridized carbons (Fsp3) is 0.400. The number of benzene rings is 1. The van der Waals surface area contributed by atoms with Crippen LogP contribution in [-0.2, 0) is 12.8 Å². The van der Waals surface area contributed by atoms with Gasteiger partial charge in [-0.3, -0.25) is 9.98 Å². The van der Waals surface area contributed by atoms with E-state index in [2.05, 4.69) is 53.4 Å². The van der Waals surface area contributed by atoms with Crippen molar-refractivity contribution in [3.8, 4) is 0 Å². The highest BCUT2D eigenvalue weighted by Crippen LogP contribution is 2.24. The number of nitrogens with zero attached hydrogens (tertiary/aromatic N) is 2. The van der Waals surface area contributed by atoms with Crippen LogP contribution >= 0.6 is 0 Å². The van der Waals surface area contributed by atoms with Crippen molar-refractivity contribution >= 4 is 5.71 Å². The Morgan fingerprint density at radius 3 is 2.61 bits per heavy atom. The molecule has 0 atom stereocenters. The molecule has 2 aromatic rings. The Kier molecular flexibility index (Phi) is 6.48. The van der Waals surface area contributed by atoms with Gasteiger partial charge in [-0.15, -0.1) is 0 Å². The molecular weight excluding hydrogens is 282 g/mol. The summed E-state index contributed by atoms with van der Waals surface area (Å²) in [6.07, 6.45) is 5.19. The van der Waals surface area contributed by atoms with E-state index in [0.717, 1.165) is 30.8 Å². The van der Waals surface area contributed by atoms with Crippen LogP contribution in [0.2, 0.25) is 0 Å². The van der Waals surface area contributed by atoms with Gasteiger partial charge in [-0.25, -0.2) is 0 Å². The summed E-state index contributed by atoms with van der Waals surface area (Å²) in [4.78, 5) is 9.00. The third-order valence-corrected chi connectivity index (χ3v) is 4.02. The first-order valence-electron chi connectivity index (χ1n) is 8.36. The van der Waals surface area contributed by atoms with Crippen molar-refractivity contribution in [1.82, 2.24) is 10.3 Å². The van der Waals surface area contributed by atoms with E-state index in [0.29, 0.717) is 0 Å². The second-order valence-electron chi connectivity index (χ2n) is 5.85. The van der Waals surface area contributed by atoms with E-state index in [1.807, 2.05) is 26.4 Å². The zero-order valence-corrected chi connectivity index (χ0v) is 14.7. The van der Waals surface area contributed by atoms with Crippen molar-refractivity contribution in [1.29, 1.82) is 0 Å². The summed E-state index contributed by atoms with van der Waals surface area (Å²) < 4.78 is 0. The van der Waals surface area contributed by atoms with E-state index in [1.165, 1.54) is 28.7 Å². The highest BCUT2D eigenvalue weighted by atomic mass is 14.8. The van der Waals surface area contributed by atoms with Gasteiger partial charge in [0.1, 0.15) is 0 Å². The van der Waals surface area contributed by atoms with Crippen LogP contribution in [0.5, 0.6) is 0 Å². The summed E-state index contributed by atoms with van der Waals surface area (Å²) in [6, 6.07) is 10.8. The summed E-state index contributed by atoms with van der Waals surface area (Å²) >= 11 is 0. The van der Waals surface area contributed by atoms with Gasteiger partial charge in [0.25, 0.3) is 0 Å². The second kappa shape index (κ2) is 8.59. The van der Waals surface area contributed by atoms with Crippen molar-refractivity contribution in [3.05, 3.63) is 64.5 Å². The minimum Gasteiger partial charge on any atom is -0.320 e. The minimum absolute atomic E-state index is 1.03. The highest BCUT2D eigenvalue weighted by Gasteiger charge is 2.19. The Bertz CT molecular complexity index is 672. The molecule has 3 rings (SSSR count). The lowest BCUT2D eigenvalue weighted by atomic mass is 9.99. The fourth-order valence-electron chi connectivity index (χ4n) is 2.89. The predicted molar refractivity (Wildman–Crippen MR) is 98.6 cm³/mol. The van der Waals surface area contributed by atoms with E-state index < -0.39 is 0 Å². The molecule has 0 spiro atoms. The monoisotopic (exact) mass is 309 g/mol. The smallest absolute Gasteiger partial charge is 0.0919 e. The number of rotatable bonds is 2. The maximum absolute atomic E-state index is 4.52. The number of aliphatic imine (C=N–C) groups is 1. The first-order valence-corrected chi connectivity index (χ1v) is 8.36. The molecule has 0 unspecified atom stereocenters. The topological polar surface area (TPSA) is 37.3 Å². The van der Waals surface area contributed by atoms with Crippen molar-refractivity contribution in [3.63, 3.8) is 0 Å². The van der Waals surface area contributed by atoms with Gasteiger partial charge in [0.05, 0.1) is 11.4 Å². The van der Waals surface area contributed by atoms with Gasteiger partial charge in [0.2, 0.25) is 0 Å². The predicted octanol–water partition coefficient (Wildman–Crippen LogP) is 3.57. The van der Waals surface area contributed by atoms with E-state index in [4.69, 9.17) is 0 Å². The van der Waals surface area contributed by atoms with Crippen LogP contribution in [0.1, 0.15) is 41.3 Å². The molecule has 122 valence electrons. The fourth-order valence-corrected chi connectivity index (χ4v) is 2.89.